The molecular formula is C13H14N4O3S. The van der Waals surface area contributed by atoms with E-state index in [1.54, 1.807) is 29.6 Å². The van der Waals surface area contributed by atoms with Crippen LogP contribution in [-0.4, -0.2) is 24.1 Å². The van der Waals surface area contributed by atoms with E-state index in [1.807, 2.05) is 0 Å². The molecule has 8 heteroatoms. The normalized spacial score (nSPS) is 9.95. The summed E-state index contributed by atoms with van der Waals surface area (Å²) in [6, 6.07) is 6.68. The molecule has 1 aromatic heterocycles. The van der Waals surface area contributed by atoms with E-state index < -0.39 is 6.09 Å². The molecule has 0 fully saturated rings. The van der Waals surface area contributed by atoms with Gasteiger partial charge in [-0.25, -0.2) is 9.78 Å². The second-order valence-electron chi connectivity index (χ2n) is 4.10. The van der Waals surface area contributed by atoms with Crippen LogP contribution >= 0.6 is 11.3 Å². The number of benzene rings is 1. The highest BCUT2D eigenvalue weighted by atomic mass is 32.1. The van der Waals surface area contributed by atoms with Gasteiger partial charge in [0.2, 0.25) is 5.91 Å². The van der Waals surface area contributed by atoms with E-state index in [-0.39, 0.29) is 12.3 Å². The summed E-state index contributed by atoms with van der Waals surface area (Å²) in [5.74, 6) is -0.186. The Morgan fingerprint density at radius 2 is 1.86 bits per heavy atom. The first-order valence-electron chi connectivity index (χ1n) is 6.01. The van der Waals surface area contributed by atoms with E-state index >= 15 is 0 Å². The van der Waals surface area contributed by atoms with Crippen molar-refractivity contribution >= 4 is 39.8 Å². The van der Waals surface area contributed by atoms with E-state index in [9.17, 15) is 9.59 Å². The summed E-state index contributed by atoms with van der Waals surface area (Å²) in [5, 5.41) is 7.44. The maximum atomic E-state index is 11.8. The number of nitrogens with zero attached hydrogens (tertiary/aromatic N) is 1. The quantitative estimate of drug-likeness (QED) is 0.802. The molecule has 0 radical (unpaired) electrons. The molecular weight excluding hydrogens is 292 g/mol. The fourth-order valence-corrected chi connectivity index (χ4v) is 2.14. The summed E-state index contributed by atoms with van der Waals surface area (Å²) in [6.45, 7) is 0. The first-order valence-corrected chi connectivity index (χ1v) is 6.89. The molecule has 110 valence electrons. The highest BCUT2D eigenvalue weighted by molar-refractivity contribution is 7.13. The van der Waals surface area contributed by atoms with E-state index in [0.717, 1.165) is 0 Å². The van der Waals surface area contributed by atoms with Crippen LogP contribution < -0.4 is 16.4 Å². The van der Waals surface area contributed by atoms with Crippen LogP contribution in [0.15, 0.2) is 29.6 Å². The molecule has 4 N–H and O–H groups in total. The van der Waals surface area contributed by atoms with Crippen LogP contribution in [0.5, 0.6) is 0 Å². The molecule has 0 spiro atoms. The minimum atomic E-state index is -0.548. The highest BCUT2D eigenvalue weighted by Crippen LogP contribution is 2.15. The molecule has 0 bridgehead atoms. The molecule has 0 aliphatic rings. The first kappa shape index (κ1) is 14.8. The summed E-state index contributed by atoms with van der Waals surface area (Å²) < 4.78 is 4.48. The van der Waals surface area contributed by atoms with Crippen LogP contribution in [0.2, 0.25) is 0 Å². The van der Waals surface area contributed by atoms with Gasteiger partial charge in [-0.05, 0) is 24.3 Å². The lowest BCUT2D eigenvalue weighted by Crippen LogP contribution is -2.15. The van der Waals surface area contributed by atoms with Gasteiger partial charge >= 0.3 is 6.09 Å². The summed E-state index contributed by atoms with van der Waals surface area (Å²) in [4.78, 5) is 26.9. The number of amides is 2. The smallest absolute Gasteiger partial charge is 0.411 e. The van der Waals surface area contributed by atoms with Crippen molar-refractivity contribution in [3.8, 4) is 0 Å². The average molecular weight is 306 g/mol. The Morgan fingerprint density at radius 3 is 2.38 bits per heavy atom. The summed E-state index contributed by atoms with van der Waals surface area (Å²) in [7, 11) is 1.29. The van der Waals surface area contributed by atoms with E-state index in [0.29, 0.717) is 22.2 Å². The zero-order valence-corrected chi connectivity index (χ0v) is 12.1. The number of methoxy groups -OCH3 is 1. The zero-order valence-electron chi connectivity index (χ0n) is 11.3. The number of hydrogen-bond acceptors (Lipinski definition) is 6. The zero-order chi connectivity index (χ0) is 15.2. The molecule has 0 unspecified atom stereocenters. The molecule has 0 aliphatic carbocycles. The summed E-state index contributed by atoms with van der Waals surface area (Å²) in [6.07, 6.45) is -0.386. The Labute approximate surface area is 125 Å². The maximum Gasteiger partial charge on any atom is 0.411 e. The third kappa shape index (κ3) is 4.46. The standard InChI is InChI=1S/C13H14N4O3S/c1-20-13(19)17-9-4-2-8(3-5-9)15-11(18)6-10-7-21-12(14)16-10/h2-5,7H,6H2,1H3,(H2,14,16)(H,15,18)(H,17,19). The van der Waals surface area contributed by atoms with Gasteiger partial charge in [0, 0.05) is 16.8 Å². The molecule has 21 heavy (non-hydrogen) atoms. The van der Waals surface area contributed by atoms with Crippen molar-refractivity contribution in [3.63, 3.8) is 0 Å². The Bertz CT molecular complexity index is 639. The molecule has 2 aromatic rings. The van der Waals surface area contributed by atoms with Crippen molar-refractivity contribution in [1.29, 1.82) is 0 Å². The van der Waals surface area contributed by atoms with E-state index in [2.05, 4.69) is 20.4 Å². The SMILES string of the molecule is COC(=O)Nc1ccc(NC(=O)Cc2csc(N)n2)cc1. The van der Waals surface area contributed by atoms with Crippen molar-refractivity contribution in [2.24, 2.45) is 0 Å². The van der Waals surface area contributed by atoms with Crippen LogP contribution in [-0.2, 0) is 16.0 Å². The van der Waals surface area contributed by atoms with Crippen LogP contribution in [0.25, 0.3) is 0 Å². The molecule has 1 aromatic carbocycles. The highest BCUT2D eigenvalue weighted by Gasteiger charge is 2.07. The van der Waals surface area contributed by atoms with Gasteiger partial charge in [-0.15, -0.1) is 11.3 Å². The topological polar surface area (TPSA) is 106 Å². The van der Waals surface area contributed by atoms with Gasteiger partial charge in [0.1, 0.15) is 0 Å². The van der Waals surface area contributed by atoms with Crippen molar-refractivity contribution in [3.05, 3.63) is 35.3 Å². The number of anilines is 3. The Hall–Kier alpha value is -2.61. The first-order chi connectivity index (χ1) is 10.1. The lowest BCUT2D eigenvalue weighted by molar-refractivity contribution is -0.115. The van der Waals surface area contributed by atoms with Gasteiger partial charge in [0.05, 0.1) is 19.2 Å². The predicted molar refractivity (Wildman–Crippen MR) is 81.3 cm³/mol. The number of hydrogen-bond donors (Lipinski definition) is 3. The Kier molecular flexibility index (Phi) is 4.72. The Morgan fingerprint density at radius 1 is 1.24 bits per heavy atom. The number of nitrogens with two attached hydrogens (primary N) is 1. The second kappa shape index (κ2) is 6.71. The van der Waals surface area contributed by atoms with Crippen LogP contribution in [0.1, 0.15) is 5.69 Å². The molecule has 2 rings (SSSR count). The predicted octanol–water partition coefficient (Wildman–Crippen LogP) is 2.08. The lowest BCUT2D eigenvalue weighted by atomic mass is 10.2. The molecule has 0 atom stereocenters. The molecule has 0 saturated heterocycles. The van der Waals surface area contributed by atoms with Crippen molar-refractivity contribution in [2.45, 2.75) is 6.42 Å². The average Bonchev–Trinajstić information content (AvgIpc) is 2.86. The molecule has 7 nitrogen and oxygen atoms in total. The van der Waals surface area contributed by atoms with Gasteiger partial charge in [0.15, 0.2) is 5.13 Å². The minimum Gasteiger partial charge on any atom is -0.453 e. The van der Waals surface area contributed by atoms with Crippen LogP contribution in [0, 0.1) is 0 Å². The number of aromatic nitrogens is 1. The van der Waals surface area contributed by atoms with Gasteiger partial charge in [-0.1, -0.05) is 0 Å². The van der Waals surface area contributed by atoms with Gasteiger partial charge < -0.3 is 15.8 Å². The van der Waals surface area contributed by atoms with Crippen molar-refractivity contribution < 1.29 is 14.3 Å². The second-order valence-corrected chi connectivity index (χ2v) is 4.99. The number of carbonyl (C=O) groups excluding carboxylic acids is 2. The number of ether oxygens (including phenoxy) is 1. The third-order valence-corrected chi connectivity index (χ3v) is 3.23. The Balaban J connectivity index is 1.90. The van der Waals surface area contributed by atoms with Crippen LogP contribution in [0.4, 0.5) is 21.3 Å². The lowest BCUT2D eigenvalue weighted by Gasteiger charge is -2.06. The fourth-order valence-electron chi connectivity index (χ4n) is 1.58. The van der Waals surface area contributed by atoms with Gasteiger partial charge in [0.25, 0.3) is 0 Å². The van der Waals surface area contributed by atoms with E-state index in [1.165, 1.54) is 18.4 Å². The van der Waals surface area contributed by atoms with Crippen molar-refractivity contribution in [2.75, 3.05) is 23.5 Å². The molecule has 1 heterocycles. The van der Waals surface area contributed by atoms with Crippen molar-refractivity contribution in [1.82, 2.24) is 4.98 Å². The maximum absolute atomic E-state index is 11.8. The van der Waals surface area contributed by atoms with Gasteiger partial charge in [-0.3, -0.25) is 10.1 Å². The number of nitrogen functional groups attached to an aromatic ring is 1. The van der Waals surface area contributed by atoms with E-state index in [4.69, 9.17) is 5.73 Å². The monoisotopic (exact) mass is 306 g/mol. The van der Waals surface area contributed by atoms with Crippen LogP contribution in [0.3, 0.4) is 0 Å². The number of carbonyl (C=O) groups is 2. The third-order valence-electron chi connectivity index (χ3n) is 2.51. The molecule has 0 aliphatic heterocycles. The number of nitrogens with one attached hydrogen (secondary N) is 2. The van der Waals surface area contributed by atoms with Gasteiger partial charge in [-0.2, -0.15) is 0 Å². The number of rotatable bonds is 4. The fraction of sp³-hybridized carbons (Fsp3) is 0.154. The molecule has 0 saturated carbocycles. The number of thiazole rings is 1. The summed E-state index contributed by atoms with van der Waals surface area (Å²) in [5.41, 5.74) is 7.34. The summed E-state index contributed by atoms with van der Waals surface area (Å²) >= 11 is 1.30. The molecule has 2 amide bonds. The largest absolute Gasteiger partial charge is 0.453 e. The minimum absolute atomic E-state index is 0.163.